The van der Waals surface area contributed by atoms with Crippen LogP contribution in [0.25, 0.3) is 96.5 Å². The Kier molecular flexibility index (Phi) is 10.9. The van der Waals surface area contributed by atoms with Gasteiger partial charge in [0.1, 0.15) is 11.0 Å². The third-order valence-corrected chi connectivity index (χ3v) is 16.0. The molecule has 300 valence electrons. The Morgan fingerprint density at radius 2 is 1.00 bits per heavy atom. The zero-order chi connectivity index (χ0) is 40.0. The summed E-state index contributed by atoms with van der Waals surface area (Å²) in [6, 6.07) is 33.4. The van der Waals surface area contributed by atoms with E-state index in [-0.39, 0.29) is 0 Å². The van der Waals surface area contributed by atoms with Gasteiger partial charge in [-0.15, -0.1) is 22.7 Å². The summed E-state index contributed by atoms with van der Waals surface area (Å²) in [6.45, 7) is 9.16. The Balaban J connectivity index is 1.14. The van der Waals surface area contributed by atoms with Crippen LogP contribution in [0.2, 0.25) is 0 Å². The summed E-state index contributed by atoms with van der Waals surface area (Å²) < 4.78 is 12.6. The molecule has 0 radical (unpaired) electrons. The van der Waals surface area contributed by atoms with Crippen molar-refractivity contribution in [2.24, 2.45) is 0 Å². The fourth-order valence-corrected chi connectivity index (χ4v) is 12.9. The first kappa shape index (κ1) is 38.8. The minimum atomic E-state index is 0.474. The molecule has 6 aromatic carbocycles. The van der Waals surface area contributed by atoms with Gasteiger partial charge in [-0.3, -0.25) is 0 Å². The van der Waals surface area contributed by atoms with E-state index in [2.05, 4.69) is 117 Å². The maximum absolute atomic E-state index is 4.89. The van der Waals surface area contributed by atoms with Crippen molar-refractivity contribution in [1.82, 2.24) is 13.3 Å². The summed E-state index contributed by atoms with van der Waals surface area (Å²) >= 11 is 5.05. The molecule has 0 amide bonds. The number of nitrogens with zero attached hydrogens (tertiary/aromatic N) is 3. The van der Waals surface area contributed by atoms with Gasteiger partial charge in [0.05, 0.1) is 22.8 Å². The van der Waals surface area contributed by atoms with E-state index in [4.69, 9.17) is 8.75 Å². The van der Waals surface area contributed by atoms with Gasteiger partial charge in [-0.1, -0.05) is 139 Å². The van der Waals surface area contributed by atoms with E-state index in [9.17, 15) is 0 Å². The van der Waals surface area contributed by atoms with Crippen LogP contribution in [0.4, 0.5) is 0 Å². The van der Waals surface area contributed by atoms with Gasteiger partial charge in [0.2, 0.25) is 0 Å². The number of hydrogen-bond donors (Lipinski definition) is 0. The van der Waals surface area contributed by atoms with Crippen molar-refractivity contribution in [2.75, 3.05) is 0 Å². The fraction of sp³-hybridized carbons (Fsp3) is 0.358. The Labute approximate surface area is 361 Å². The summed E-state index contributed by atoms with van der Waals surface area (Å²) in [4.78, 5) is 5.13. The quantitative estimate of drug-likeness (QED) is 0.0490. The molecule has 0 aliphatic heterocycles. The zero-order valence-electron chi connectivity index (χ0n) is 35.1. The highest BCUT2D eigenvalue weighted by Gasteiger charge is 2.27. The van der Waals surface area contributed by atoms with Gasteiger partial charge in [0.15, 0.2) is 0 Å². The van der Waals surface area contributed by atoms with Gasteiger partial charge in [-0.25, -0.2) is 0 Å². The second kappa shape index (κ2) is 16.6. The molecule has 10 aromatic rings. The summed E-state index contributed by atoms with van der Waals surface area (Å²) in [7, 11) is 0. The average molecular weight is 830 g/mol. The van der Waals surface area contributed by atoms with Gasteiger partial charge in [-0.2, -0.15) is 8.75 Å². The lowest BCUT2D eigenvalue weighted by molar-refractivity contribution is 0.410. The monoisotopic (exact) mass is 829 g/mol. The third kappa shape index (κ3) is 6.84. The Morgan fingerprint density at radius 3 is 1.61 bits per heavy atom. The van der Waals surface area contributed by atoms with E-state index in [1.54, 1.807) is 0 Å². The van der Waals surface area contributed by atoms with Gasteiger partial charge in [-0.05, 0) is 95.6 Å². The third-order valence-electron chi connectivity index (χ3n) is 13.3. The molecule has 0 saturated heterocycles. The fourth-order valence-electron chi connectivity index (χ4n) is 10.4. The topological polar surface area (TPSA) is 30.7 Å². The summed E-state index contributed by atoms with van der Waals surface area (Å²) in [5.74, 6) is 0. The van der Waals surface area contributed by atoms with Crippen LogP contribution >= 0.6 is 34.4 Å². The normalized spacial score (nSPS) is 12.5. The minimum absolute atomic E-state index is 0.474. The van der Waals surface area contributed by atoms with E-state index in [0.29, 0.717) is 6.04 Å². The van der Waals surface area contributed by atoms with Gasteiger partial charge in [0, 0.05) is 58.4 Å². The molecule has 0 saturated carbocycles. The van der Waals surface area contributed by atoms with E-state index in [1.807, 2.05) is 22.7 Å². The molecule has 59 heavy (non-hydrogen) atoms. The first-order valence-corrected chi connectivity index (χ1v) is 24.8. The van der Waals surface area contributed by atoms with Crippen molar-refractivity contribution in [3.63, 3.8) is 0 Å². The van der Waals surface area contributed by atoms with Crippen LogP contribution in [0.3, 0.4) is 0 Å². The Bertz CT molecular complexity index is 3010. The highest BCUT2D eigenvalue weighted by atomic mass is 32.1. The molecule has 0 spiro atoms. The molecule has 0 aliphatic rings. The predicted molar refractivity (Wildman–Crippen MR) is 262 cm³/mol. The number of aromatic nitrogens is 3. The summed E-state index contributed by atoms with van der Waals surface area (Å²) in [5, 5.41) is 11.4. The second-order valence-electron chi connectivity index (χ2n) is 17.2. The first-order chi connectivity index (χ1) is 29.1. The highest BCUT2D eigenvalue weighted by Crippen LogP contribution is 2.52. The lowest BCUT2D eigenvalue weighted by atomic mass is 9.87. The van der Waals surface area contributed by atoms with Crippen LogP contribution in [0.1, 0.15) is 120 Å². The lowest BCUT2D eigenvalue weighted by Crippen LogP contribution is -2.10. The number of benzene rings is 6. The second-order valence-corrected chi connectivity index (χ2v) is 20.1. The minimum Gasteiger partial charge on any atom is -0.337 e. The predicted octanol–water partition coefficient (Wildman–Crippen LogP) is 17.9. The van der Waals surface area contributed by atoms with Crippen LogP contribution in [0, 0.1) is 13.8 Å². The van der Waals surface area contributed by atoms with Crippen molar-refractivity contribution in [3.05, 3.63) is 95.4 Å². The van der Waals surface area contributed by atoms with Crippen LogP contribution in [-0.4, -0.2) is 13.3 Å². The number of unbranched alkanes of at least 4 members (excludes halogenated alkanes) is 10. The van der Waals surface area contributed by atoms with Crippen molar-refractivity contribution in [2.45, 2.75) is 124 Å². The van der Waals surface area contributed by atoms with Crippen molar-refractivity contribution >= 4 is 99.6 Å². The maximum atomic E-state index is 4.89. The largest absolute Gasteiger partial charge is 0.337 e. The van der Waals surface area contributed by atoms with Crippen LogP contribution < -0.4 is 0 Å². The molecule has 0 N–H and O–H groups in total. The van der Waals surface area contributed by atoms with E-state index in [0.717, 1.165) is 11.0 Å². The number of thiophene rings is 2. The van der Waals surface area contributed by atoms with Crippen molar-refractivity contribution in [3.8, 4) is 31.3 Å². The molecule has 0 unspecified atom stereocenters. The van der Waals surface area contributed by atoms with Gasteiger partial charge < -0.3 is 4.57 Å². The standard InChI is InChI=1S/C53H55N3S3/c1-5-7-9-11-13-15-19-35(20-16-14-12-10-8-6-2)56-43-31-33(3)36-21-17-22-37-38-23-18-24-39-42(32-44(56)51(49(38)39)50(43)48(36)37)47-30-29-46(58-47)41-27-26-40(45-28-25-34(4)57-45)52-53(41)55-59-54-52/h17-18,21-32,35H,5-16,19-20H2,1-4H3. The van der Waals surface area contributed by atoms with Crippen molar-refractivity contribution in [1.29, 1.82) is 0 Å². The Hall–Kier alpha value is -4.36. The first-order valence-electron chi connectivity index (χ1n) is 22.4. The molecule has 6 heteroatoms. The molecule has 0 fully saturated rings. The maximum Gasteiger partial charge on any atom is 0.114 e. The number of fused-ring (bicyclic) bond motifs is 2. The molecular weight excluding hydrogens is 775 g/mol. The highest BCUT2D eigenvalue weighted by molar-refractivity contribution is 7.19. The molecule has 4 heterocycles. The SMILES string of the molecule is CCCCCCCCC(CCCCCCCC)n1c2cc(C)c3cccc4c5cccc6c(-c7ccc(-c8ccc(-c9ccc(C)s9)c9nsnc89)s7)cc1c(c65)c2c34. The summed E-state index contributed by atoms with van der Waals surface area (Å²) in [6.07, 6.45) is 18.5. The van der Waals surface area contributed by atoms with E-state index in [1.165, 1.54) is 198 Å². The lowest BCUT2D eigenvalue weighted by Gasteiger charge is -2.23. The molecule has 10 rings (SSSR count). The van der Waals surface area contributed by atoms with Crippen molar-refractivity contribution < 1.29 is 0 Å². The molecule has 0 bridgehead atoms. The number of hydrogen-bond acceptors (Lipinski definition) is 5. The van der Waals surface area contributed by atoms with E-state index < -0.39 is 0 Å². The van der Waals surface area contributed by atoms with Crippen LogP contribution in [-0.2, 0) is 0 Å². The number of aryl methyl sites for hydroxylation is 2. The molecule has 0 aliphatic carbocycles. The molecule has 0 atom stereocenters. The van der Waals surface area contributed by atoms with E-state index >= 15 is 0 Å². The summed E-state index contributed by atoms with van der Waals surface area (Å²) in [5.41, 5.74) is 9.97. The van der Waals surface area contributed by atoms with Crippen LogP contribution in [0.15, 0.2) is 84.9 Å². The van der Waals surface area contributed by atoms with Gasteiger partial charge in [0.25, 0.3) is 0 Å². The Morgan fingerprint density at radius 1 is 0.492 bits per heavy atom. The smallest absolute Gasteiger partial charge is 0.114 e. The number of rotatable bonds is 18. The molecule has 4 aromatic heterocycles. The average Bonchev–Trinajstić information content (AvgIpc) is 4.08. The van der Waals surface area contributed by atoms with Gasteiger partial charge >= 0.3 is 0 Å². The zero-order valence-corrected chi connectivity index (χ0v) is 37.6. The van der Waals surface area contributed by atoms with Crippen LogP contribution in [0.5, 0.6) is 0 Å². The molecule has 3 nitrogen and oxygen atoms in total. The molecular formula is C53H55N3S3.